The molecule has 2 aliphatic rings. The monoisotopic (exact) mass is 266 g/mol. The highest BCUT2D eigenvalue weighted by Crippen LogP contribution is 2.45. The minimum atomic E-state index is -0.279. The molecule has 1 aliphatic carbocycles. The number of carbonyl (C=O) groups excluding carboxylic acids is 1. The highest BCUT2D eigenvalue weighted by atomic mass is 32.2. The summed E-state index contributed by atoms with van der Waals surface area (Å²) in [7, 11) is 1.41. The number of hydrogen-bond acceptors (Lipinski definition) is 5. The minimum Gasteiger partial charge on any atom is -0.465 e. The molecule has 0 unspecified atom stereocenters. The van der Waals surface area contributed by atoms with Crippen molar-refractivity contribution >= 4 is 18.3 Å². The van der Waals surface area contributed by atoms with Gasteiger partial charge in [-0.25, -0.2) is 4.79 Å². The van der Waals surface area contributed by atoms with E-state index in [1.165, 1.54) is 7.11 Å². The SMILES string of the molecule is COC(=O)c1ccccc1[C@H]1C[C@@H]2OSO[C@@H]2C1. The van der Waals surface area contributed by atoms with Crippen LogP contribution in [0.2, 0.25) is 0 Å². The first-order valence-electron chi connectivity index (χ1n) is 5.95. The number of hydrogen-bond donors (Lipinski definition) is 0. The Hall–Kier alpha value is -1.04. The predicted octanol–water partition coefficient (Wildman–Crippen LogP) is 2.70. The topological polar surface area (TPSA) is 44.8 Å². The maximum Gasteiger partial charge on any atom is 0.338 e. The van der Waals surface area contributed by atoms with Crippen molar-refractivity contribution in [3.05, 3.63) is 35.4 Å². The summed E-state index contributed by atoms with van der Waals surface area (Å²) >= 11 is 1.09. The van der Waals surface area contributed by atoms with Crippen LogP contribution in [0.1, 0.15) is 34.7 Å². The lowest BCUT2D eigenvalue weighted by atomic mass is 9.93. The molecule has 0 aromatic heterocycles. The molecule has 0 amide bonds. The van der Waals surface area contributed by atoms with Gasteiger partial charge in [0.2, 0.25) is 0 Å². The fraction of sp³-hybridized carbons (Fsp3) is 0.462. The summed E-state index contributed by atoms with van der Waals surface area (Å²) in [4.78, 5) is 11.7. The molecule has 4 nitrogen and oxygen atoms in total. The number of ether oxygens (including phenoxy) is 1. The minimum absolute atomic E-state index is 0.144. The zero-order valence-corrected chi connectivity index (χ0v) is 10.8. The molecule has 0 radical (unpaired) electrons. The quantitative estimate of drug-likeness (QED) is 0.608. The van der Waals surface area contributed by atoms with Crippen molar-refractivity contribution < 1.29 is 17.9 Å². The van der Waals surface area contributed by atoms with Crippen molar-refractivity contribution in [2.45, 2.75) is 31.0 Å². The Kier molecular flexibility index (Phi) is 3.28. The summed E-state index contributed by atoms with van der Waals surface area (Å²) in [6, 6.07) is 7.61. The molecular formula is C13H14O4S. The lowest BCUT2D eigenvalue weighted by molar-refractivity contribution is 0.0598. The van der Waals surface area contributed by atoms with Crippen LogP contribution in [-0.2, 0) is 13.1 Å². The molecule has 18 heavy (non-hydrogen) atoms. The Bertz CT molecular complexity index is 450. The molecular weight excluding hydrogens is 252 g/mol. The van der Waals surface area contributed by atoms with Gasteiger partial charge in [0.1, 0.15) is 12.2 Å². The Morgan fingerprint density at radius 3 is 2.61 bits per heavy atom. The second kappa shape index (κ2) is 4.91. The average molecular weight is 266 g/mol. The van der Waals surface area contributed by atoms with E-state index >= 15 is 0 Å². The highest BCUT2D eigenvalue weighted by molar-refractivity contribution is 7.90. The van der Waals surface area contributed by atoms with E-state index in [-0.39, 0.29) is 18.2 Å². The third-order valence-electron chi connectivity index (χ3n) is 3.58. The molecule has 1 saturated carbocycles. The van der Waals surface area contributed by atoms with Crippen molar-refractivity contribution in [1.82, 2.24) is 0 Å². The molecule has 1 aromatic rings. The van der Waals surface area contributed by atoms with Gasteiger partial charge >= 0.3 is 5.97 Å². The van der Waals surface area contributed by atoms with Gasteiger partial charge in [-0.3, -0.25) is 8.37 Å². The van der Waals surface area contributed by atoms with Gasteiger partial charge in [0.25, 0.3) is 0 Å². The molecule has 2 fully saturated rings. The first-order valence-corrected chi connectivity index (χ1v) is 6.62. The Morgan fingerprint density at radius 2 is 1.94 bits per heavy atom. The molecule has 0 N–H and O–H groups in total. The van der Waals surface area contributed by atoms with E-state index in [0.29, 0.717) is 11.5 Å². The molecule has 96 valence electrons. The van der Waals surface area contributed by atoms with Crippen LogP contribution in [0.25, 0.3) is 0 Å². The third kappa shape index (κ3) is 2.02. The Morgan fingerprint density at radius 1 is 1.28 bits per heavy atom. The number of carbonyl (C=O) groups is 1. The lowest BCUT2D eigenvalue weighted by Crippen LogP contribution is -2.13. The second-order valence-corrected chi connectivity index (χ2v) is 5.11. The van der Waals surface area contributed by atoms with Crippen LogP contribution in [0.15, 0.2) is 24.3 Å². The number of rotatable bonds is 2. The third-order valence-corrected chi connectivity index (χ3v) is 4.23. The van der Waals surface area contributed by atoms with Crippen LogP contribution < -0.4 is 0 Å². The standard InChI is InChI=1S/C13H14O4S/c1-15-13(14)10-5-3-2-4-9(10)8-6-11-12(7-8)17-18-16-11/h2-5,8,11-12H,6-7H2,1H3/t8-,11-,12+. The van der Waals surface area contributed by atoms with Crippen molar-refractivity contribution in [1.29, 1.82) is 0 Å². The Labute approximate surface area is 110 Å². The van der Waals surface area contributed by atoms with Crippen LogP contribution in [-0.4, -0.2) is 25.3 Å². The van der Waals surface area contributed by atoms with Gasteiger partial charge in [0.15, 0.2) is 12.3 Å². The predicted molar refractivity (Wildman–Crippen MR) is 67.1 cm³/mol. The molecule has 1 heterocycles. The van der Waals surface area contributed by atoms with E-state index in [1.54, 1.807) is 0 Å². The van der Waals surface area contributed by atoms with E-state index in [4.69, 9.17) is 13.1 Å². The smallest absolute Gasteiger partial charge is 0.338 e. The zero-order chi connectivity index (χ0) is 12.5. The largest absolute Gasteiger partial charge is 0.465 e. The number of methoxy groups -OCH3 is 1. The summed E-state index contributed by atoms with van der Waals surface area (Å²) in [5.41, 5.74) is 1.69. The van der Waals surface area contributed by atoms with Crippen LogP contribution >= 0.6 is 12.3 Å². The van der Waals surface area contributed by atoms with Crippen molar-refractivity contribution in [3.63, 3.8) is 0 Å². The molecule has 1 aromatic carbocycles. The summed E-state index contributed by atoms with van der Waals surface area (Å²) in [5, 5.41) is 0. The summed E-state index contributed by atoms with van der Waals surface area (Å²) in [6.45, 7) is 0. The van der Waals surface area contributed by atoms with Crippen molar-refractivity contribution in [2.24, 2.45) is 0 Å². The Balaban J connectivity index is 1.86. The van der Waals surface area contributed by atoms with Gasteiger partial charge in [-0.05, 0) is 30.4 Å². The van der Waals surface area contributed by atoms with Gasteiger partial charge in [-0.15, -0.1) is 0 Å². The van der Waals surface area contributed by atoms with Gasteiger partial charge in [-0.2, -0.15) is 0 Å². The highest BCUT2D eigenvalue weighted by Gasteiger charge is 2.42. The summed E-state index contributed by atoms with van der Waals surface area (Å²) < 4.78 is 15.7. The van der Waals surface area contributed by atoms with Crippen molar-refractivity contribution in [3.8, 4) is 0 Å². The van der Waals surface area contributed by atoms with E-state index in [0.717, 1.165) is 30.7 Å². The molecule has 3 atom stereocenters. The van der Waals surface area contributed by atoms with Gasteiger partial charge in [0, 0.05) is 0 Å². The van der Waals surface area contributed by atoms with Crippen LogP contribution in [0, 0.1) is 0 Å². The maximum absolute atomic E-state index is 11.7. The summed E-state index contributed by atoms with van der Waals surface area (Å²) in [5.74, 6) is 0.0232. The number of esters is 1. The second-order valence-electron chi connectivity index (χ2n) is 4.58. The molecule has 0 bridgehead atoms. The molecule has 3 rings (SSSR count). The van der Waals surface area contributed by atoms with Crippen LogP contribution in [0.3, 0.4) is 0 Å². The van der Waals surface area contributed by atoms with Crippen molar-refractivity contribution in [2.75, 3.05) is 7.11 Å². The number of benzene rings is 1. The zero-order valence-electron chi connectivity index (χ0n) is 10.00. The first-order chi connectivity index (χ1) is 8.79. The van der Waals surface area contributed by atoms with Gasteiger partial charge in [0.05, 0.1) is 12.7 Å². The number of fused-ring (bicyclic) bond motifs is 1. The fourth-order valence-corrected chi connectivity index (χ4v) is 3.34. The molecule has 1 saturated heterocycles. The molecule has 5 heteroatoms. The van der Waals surface area contributed by atoms with Gasteiger partial charge in [-0.1, -0.05) is 18.2 Å². The van der Waals surface area contributed by atoms with Crippen LogP contribution in [0.5, 0.6) is 0 Å². The maximum atomic E-state index is 11.7. The van der Waals surface area contributed by atoms with E-state index in [9.17, 15) is 4.79 Å². The lowest BCUT2D eigenvalue weighted by Gasteiger charge is -2.14. The van der Waals surface area contributed by atoms with Crippen LogP contribution in [0.4, 0.5) is 0 Å². The van der Waals surface area contributed by atoms with E-state index in [1.807, 2.05) is 24.3 Å². The molecule has 1 aliphatic heterocycles. The normalized spacial score (nSPS) is 30.2. The van der Waals surface area contributed by atoms with E-state index < -0.39 is 0 Å². The average Bonchev–Trinajstić information content (AvgIpc) is 2.98. The fourth-order valence-electron chi connectivity index (χ4n) is 2.69. The van der Waals surface area contributed by atoms with Gasteiger partial charge < -0.3 is 4.74 Å². The van der Waals surface area contributed by atoms with E-state index in [2.05, 4.69) is 0 Å². The summed E-state index contributed by atoms with van der Waals surface area (Å²) in [6.07, 6.45) is 2.08. The first kappa shape index (κ1) is 12.0. The molecule has 0 spiro atoms.